The number of piperidine rings is 2. The summed E-state index contributed by atoms with van der Waals surface area (Å²) in [6.07, 6.45) is 12.6. The molecular weight excluding hydrogens is 236 g/mol. The second-order valence-electron chi connectivity index (χ2n) is 7.05. The maximum atomic E-state index is 10.3. The molecule has 1 saturated carbocycles. The molecule has 0 amide bonds. The lowest BCUT2D eigenvalue weighted by molar-refractivity contribution is 0.0353. The van der Waals surface area contributed by atoms with Gasteiger partial charge in [0.05, 0.1) is 6.10 Å². The van der Waals surface area contributed by atoms with Crippen molar-refractivity contribution < 1.29 is 5.11 Å². The van der Waals surface area contributed by atoms with E-state index in [0.29, 0.717) is 12.1 Å². The molecule has 0 aromatic heterocycles. The maximum absolute atomic E-state index is 10.3. The predicted octanol–water partition coefficient (Wildman–Crippen LogP) is 2.28. The minimum absolute atomic E-state index is 0.109. The number of hydrogen-bond donors (Lipinski definition) is 2. The second kappa shape index (κ2) is 6.11. The van der Waals surface area contributed by atoms with Crippen molar-refractivity contribution in [3.05, 3.63) is 0 Å². The third-order valence-corrected chi connectivity index (χ3v) is 5.77. The first-order chi connectivity index (χ1) is 9.24. The minimum atomic E-state index is -0.109. The molecule has 3 heteroatoms. The van der Waals surface area contributed by atoms with Crippen LogP contribution >= 0.6 is 0 Å². The van der Waals surface area contributed by atoms with Gasteiger partial charge in [0.2, 0.25) is 0 Å². The average Bonchev–Trinajstić information content (AvgIpc) is 2.56. The van der Waals surface area contributed by atoms with Crippen LogP contribution in [0.25, 0.3) is 0 Å². The van der Waals surface area contributed by atoms with Crippen molar-refractivity contribution in [2.24, 2.45) is 0 Å². The van der Waals surface area contributed by atoms with Crippen LogP contribution in [0.15, 0.2) is 0 Å². The van der Waals surface area contributed by atoms with Crippen LogP contribution < -0.4 is 5.32 Å². The Balaban J connectivity index is 1.57. The van der Waals surface area contributed by atoms with E-state index in [0.717, 1.165) is 18.5 Å². The van der Waals surface area contributed by atoms with Gasteiger partial charge in [0.1, 0.15) is 0 Å². The summed E-state index contributed by atoms with van der Waals surface area (Å²) in [6, 6.07) is 2.57. The molecule has 0 aromatic carbocycles. The highest BCUT2D eigenvalue weighted by molar-refractivity contribution is 4.95. The third kappa shape index (κ3) is 3.14. The number of rotatable bonds is 2. The fraction of sp³-hybridized carbons (Fsp3) is 1.00. The van der Waals surface area contributed by atoms with Gasteiger partial charge in [0, 0.05) is 24.2 Å². The monoisotopic (exact) mass is 266 g/mol. The molecule has 19 heavy (non-hydrogen) atoms. The van der Waals surface area contributed by atoms with E-state index in [1.807, 2.05) is 0 Å². The van der Waals surface area contributed by atoms with Gasteiger partial charge in [-0.25, -0.2) is 0 Å². The largest absolute Gasteiger partial charge is 0.392 e. The Morgan fingerprint density at radius 2 is 1.58 bits per heavy atom. The summed E-state index contributed by atoms with van der Waals surface area (Å²) in [5.74, 6) is 0. The molecular formula is C16H30N2O. The summed E-state index contributed by atoms with van der Waals surface area (Å²) in [4.78, 5) is 2.62. The van der Waals surface area contributed by atoms with Gasteiger partial charge >= 0.3 is 0 Å². The Bertz CT molecular complexity index is 282. The van der Waals surface area contributed by atoms with Gasteiger partial charge in [-0.2, -0.15) is 0 Å². The molecule has 2 aliphatic heterocycles. The van der Waals surface area contributed by atoms with E-state index in [2.05, 4.69) is 17.3 Å². The highest BCUT2D eigenvalue weighted by Gasteiger charge is 2.37. The van der Waals surface area contributed by atoms with Crippen molar-refractivity contribution in [1.29, 1.82) is 0 Å². The van der Waals surface area contributed by atoms with Crippen molar-refractivity contribution >= 4 is 0 Å². The molecule has 3 aliphatic rings. The molecule has 3 rings (SSSR count). The maximum Gasteiger partial charge on any atom is 0.0693 e. The number of nitrogens with one attached hydrogen (secondary N) is 1. The first-order valence-corrected chi connectivity index (χ1v) is 8.40. The van der Waals surface area contributed by atoms with Gasteiger partial charge < -0.3 is 15.3 Å². The van der Waals surface area contributed by atoms with Crippen LogP contribution in [-0.2, 0) is 0 Å². The van der Waals surface area contributed by atoms with E-state index in [1.54, 1.807) is 0 Å². The molecule has 1 aliphatic carbocycles. The van der Waals surface area contributed by atoms with E-state index < -0.39 is 0 Å². The zero-order valence-corrected chi connectivity index (χ0v) is 12.4. The summed E-state index contributed by atoms with van der Waals surface area (Å²) in [6.45, 7) is 0. The normalized spacial score (nSPS) is 44.8. The SMILES string of the molecule is CN1C2CCCC1CC(NC1CCCCCC1O)C2. The lowest BCUT2D eigenvalue weighted by Gasteiger charge is -2.48. The number of hydrogen-bond acceptors (Lipinski definition) is 3. The molecule has 2 heterocycles. The number of aliphatic hydroxyl groups excluding tert-OH is 1. The number of aliphatic hydroxyl groups is 1. The van der Waals surface area contributed by atoms with Gasteiger partial charge in [0.15, 0.2) is 0 Å². The van der Waals surface area contributed by atoms with E-state index >= 15 is 0 Å². The lowest BCUT2D eigenvalue weighted by Crippen LogP contribution is -2.57. The quantitative estimate of drug-likeness (QED) is 0.753. The number of fused-ring (bicyclic) bond motifs is 2. The Hall–Kier alpha value is -0.120. The standard InChI is InChI=1S/C16H30N2O/c1-18-13-6-5-7-14(18)11-12(10-13)17-15-8-3-2-4-9-16(15)19/h12-17,19H,2-11H2,1H3. The molecule has 2 bridgehead atoms. The van der Waals surface area contributed by atoms with Gasteiger partial charge in [-0.3, -0.25) is 0 Å². The van der Waals surface area contributed by atoms with Gasteiger partial charge in [-0.1, -0.05) is 25.7 Å². The molecule has 2 saturated heterocycles. The minimum Gasteiger partial charge on any atom is -0.392 e. The highest BCUT2D eigenvalue weighted by atomic mass is 16.3. The lowest BCUT2D eigenvalue weighted by atomic mass is 9.82. The fourth-order valence-corrected chi connectivity index (χ4v) is 4.54. The zero-order valence-electron chi connectivity index (χ0n) is 12.4. The topological polar surface area (TPSA) is 35.5 Å². The first-order valence-electron chi connectivity index (χ1n) is 8.40. The van der Waals surface area contributed by atoms with Crippen molar-refractivity contribution in [1.82, 2.24) is 10.2 Å². The van der Waals surface area contributed by atoms with Crippen LogP contribution in [0.3, 0.4) is 0 Å². The molecule has 0 radical (unpaired) electrons. The number of nitrogens with zero attached hydrogens (tertiary/aromatic N) is 1. The van der Waals surface area contributed by atoms with Gasteiger partial charge in [-0.05, 0) is 45.6 Å². The second-order valence-corrected chi connectivity index (χ2v) is 7.05. The molecule has 110 valence electrons. The Morgan fingerprint density at radius 3 is 2.32 bits per heavy atom. The van der Waals surface area contributed by atoms with Crippen LogP contribution in [0.4, 0.5) is 0 Å². The molecule has 3 nitrogen and oxygen atoms in total. The summed E-state index contributed by atoms with van der Waals surface area (Å²) in [5, 5.41) is 14.1. The summed E-state index contributed by atoms with van der Waals surface area (Å²) >= 11 is 0. The van der Waals surface area contributed by atoms with Crippen LogP contribution in [-0.4, -0.2) is 47.3 Å². The van der Waals surface area contributed by atoms with E-state index in [4.69, 9.17) is 0 Å². The summed E-state index contributed by atoms with van der Waals surface area (Å²) in [7, 11) is 2.31. The van der Waals surface area contributed by atoms with Crippen molar-refractivity contribution in [2.75, 3.05) is 7.05 Å². The Morgan fingerprint density at radius 1 is 0.895 bits per heavy atom. The molecule has 3 fully saturated rings. The first kappa shape index (κ1) is 13.8. The van der Waals surface area contributed by atoms with E-state index in [1.165, 1.54) is 57.8 Å². The summed E-state index contributed by atoms with van der Waals surface area (Å²) in [5.41, 5.74) is 0. The van der Waals surface area contributed by atoms with E-state index in [9.17, 15) is 5.11 Å². The van der Waals surface area contributed by atoms with Gasteiger partial charge in [-0.15, -0.1) is 0 Å². The van der Waals surface area contributed by atoms with Crippen molar-refractivity contribution in [2.45, 2.75) is 94.5 Å². The van der Waals surface area contributed by atoms with E-state index in [-0.39, 0.29) is 6.10 Å². The summed E-state index contributed by atoms with van der Waals surface area (Å²) < 4.78 is 0. The average molecular weight is 266 g/mol. The molecule has 4 atom stereocenters. The zero-order chi connectivity index (χ0) is 13.2. The van der Waals surface area contributed by atoms with Crippen LogP contribution in [0.5, 0.6) is 0 Å². The molecule has 0 aromatic rings. The van der Waals surface area contributed by atoms with Crippen LogP contribution in [0.1, 0.15) is 64.2 Å². The van der Waals surface area contributed by atoms with Gasteiger partial charge in [0.25, 0.3) is 0 Å². The van der Waals surface area contributed by atoms with Crippen molar-refractivity contribution in [3.8, 4) is 0 Å². The molecule has 4 unspecified atom stereocenters. The smallest absolute Gasteiger partial charge is 0.0693 e. The molecule has 0 spiro atoms. The molecule has 2 N–H and O–H groups in total. The predicted molar refractivity (Wildman–Crippen MR) is 78.2 cm³/mol. The Labute approximate surface area is 117 Å². The van der Waals surface area contributed by atoms with Crippen molar-refractivity contribution in [3.63, 3.8) is 0 Å². The fourth-order valence-electron chi connectivity index (χ4n) is 4.54. The van der Waals surface area contributed by atoms with Crippen LogP contribution in [0, 0.1) is 0 Å². The third-order valence-electron chi connectivity index (χ3n) is 5.77. The highest BCUT2D eigenvalue weighted by Crippen LogP contribution is 2.33. The Kier molecular flexibility index (Phi) is 4.45. The van der Waals surface area contributed by atoms with Crippen LogP contribution in [0.2, 0.25) is 0 Å².